The molecule has 0 saturated carbocycles. The van der Waals surface area contributed by atoms with Gasteiger partial charge < -0.3 is 10.4 Å². The molecule has 0 aromatic carbocycles. The van der Waals surface area contributed by atoms with Gasteiger partial charge in [-0.1, -0.05) is 0 Å². The molecule has 0 aliphatic heterocycles. The molecule has 0 unspecified atom stereocenters. The summed E-state index contributed by atoms with van der Waals surface area (Å²) in [5.41, 5.74) is 0. The van der Waals surface area contributed by atoms with Crippen molar-refractivity contribution < 1.29 is 5.11 Å². The predicted octanol–water partition coefficient (Wildman–Crippen LogP) is -0.0249. The highest BCUT2D eigenvalue weighted by molar-refractivity contribution is 4.61. The molecule has 2 atom stereocenters. The van der Waals surface area contributed by atoms with E-state index in [1.54, 1.807) is 6.92 Å². The van der Waals surface area contributed by atoms with E-state index >= 15 is 0 Å². The van der Waals surface area contributed by atoms with Crippen molar-refractivity contribution in [3.8, 4) is 0 Å². The van der Waals surface area contributed by atoms with Gasteiger partial charge in [-0.2, -0.15) is 0 Å². The van der Waals surface area contributed by atoms with Gasteiger partial charge in [0.25, 0.3) is 0 Å². The van der Waals surface area contributed by atoms with Crippen LogP contribution >= 0.6 is 0 Å². The quantitative estimate of drug-likeness (QED) is 0.514. The van der Waals surface area contributed by atoms with Crippen molar-refractivity contribution >= 4 is 0 Å². The molecule has 0 heterocycles. The van der Waals surface area contributed by atoms with Crippen molar-refractivity contribution in [2.24, 2.45) is 0 Å². The summed E-state index contributed by atoms with van der Waals surface area (Å²) in [6, 6.07) is 0.208. The number of aliphatic hydroxyl groups is 1. The highest BCUT2D eigenvalue weighted by atomic mass is 16.3. The lowest BCUT2D eigenvalue weighted by Gasteiger charge is -2.11. The molecule has 0 aliphatic carbocycles. The molecule has 0 aliphatic rings. The summed E-state index contributed by atoms with van der Waals surface area (Å²) in [6.45, 7) is 3.70. The Hall–Kier alpha value is -0.0800. The number of aliphatic hydroxyl groups excluding tert-OH is 1. The van der Waals surface area contributed by atoms with Crippen LogP contribution in [0.25, 0.3) is 0 Å². The Morgan fingerprint density at radius 3 is 1.86 bits per heavy atom. The largest absolute Gasteiger partial charge is 0.392 e. The molecule has 2 nitrogen and oxygen atoms in total. The lowest BCUT2D eigenvalue weighted by atomic mass is 10.2. The second-order valence-corrected chi connectivity index (χ2v) is 1.82. The minimum absolute atomic E-state index is 0.208. The molecular formula is C5H13NO. The first-order valence-electron chi connectivity index (χ1n) is 2.53. The van der Waals surface area contributed by atoms with Gasteiger partial charge in [0.15, 0.2) is 0 Å². The summed E-state index contributed by atoms with van der Waals surface area (Å²) in [5, 5.41) is 11.7. The molecule has 0 aromatic heterocycles. The molecular weight excluding hydrogens is 90.1 g/mol. The topological polar surface area (TPSA) is 32.3 Å². The van der Waals surface area contributed by atoms with Crippen LogP contribution in [0.3, 0.4) is 0 Å². The zero-order valence-corrected chi connectivity index (χ0v) is 5.10. The molecule has 0 saturated heterocycles. The van der Waals surface area contributed by atoms with Crippen molar-refractivity contribution in [3.63, 3.8) is 0 Å². The molecule has 0 bridgehead atoms. The summed E-state index contributed by atoms with van der Waals surface area (Å²) in [4.78, 5) is 0. The van der Waals surface area contributed by atoms with Crippen LogP contribution in [0.5, 0.6) is 0 Å². The standard InChI is InChI=1S/C5H13NO/c1-4(6-3)5(2)7/h4-7H,1-3H3/t4-,5+/m1/s1. The van der Waals surface area contributed by atoms with Gasteiger partial charge in [0.1, 0.15) is 0 Å². The Morgan fingerprint density at radius 1 is 1.43 bits per heavy atom. The summed E-state index contributed by atoms with van der Waals surface area (Å²) in [5.74, 6) is 0. The summed E-state index contributed by atoms with van der Waals surface area (Å²) < 4.78 is 0. The van der Waals surface area contributed by atoms with Gasteiger partial charge in [0, 0.05) is 6.04 Å². The van der Waals surface area contributed by atoms with E-state index in [1.165, 1.54) is 0 Å². The van der Waals surface area contributed by atoms with Crippen LogP contribution < -0.4 is 5.32 Å². The van der Waals surface area contributed by atoms with Gasteiger partial charge in [-0.3, -0.25) is 0 Å². The molecule has 0 rings (SSSR count). The van der Waals surface area contributed by atoms with Crippen molar-refractivity contribution in [2.45, 2.75) is 26.0 Å². The first-order valence-corrected chi connectivity index (χ1v) is 2.53. The molecule has 2 N–H and O–H groups in total. The van der Waals surface area contributed by atoms with Crippen LogP contribution in [0.4, 0.5) is 0 Å². The second kappa shape index (κ2) is 2.99. The van der Waals surface area contributed by atoms with E-state index in [1.807, 2.05) is 14.0 Å². The highest BCUT2D eigenvalue weighted by Gasteiger charge is 2.02. The minimum atomic E-state index is -0.245. The minimum Gasteiger partial charge on any atom is -0.392 e. The fraction of sp³-hybridized carbons (Fsp3) is 1.00. The number of rotatable bonds is 2. The van der Waals surface area contributed by atoms with Crippen molar-refractivity contribution in [1.82, 2.24) is 5.32 Å². The van der Waals surface area contributed by atoms with Crippen molar-refractivity contribution in [1.29, 1.82) is 0 Å². The first-order chi connectivity index (χ1) is 3.18. The molecule has 44 valence electrons. The Morgan fingerprint density at radius 2 is 1.86 bits per heavy atom. The molecule has 0 amide bonds. The van der Waals surface area contributed by atoms with Crippen molar-refractivity contribution in [3.05, 3.63) is 0 Å². The Bertz CT molecular complexity index is 45.3. The van der Waals surface area contributed by atoms with Crippen molar-refractivity contribution in [2.75, 3.05) is 7.05 Å². The van der Waals surface area contributed by atoms with Gasteiger partial charge >= 0.3 is 0 Å². The van der Waals surface area contributed by atoms with Crippen LogP contribution in [0, 0.1) is 0 Å². The molecule has 0 fully saturated rings. The number of likely N-dealkylation sites (N-methyl/N-ethyl adjacent to an activating group) is 1. The van der Waals surface area contributed by atoms with E-state index in [0.29, 0.717) is 0 Å². The molecule has 2 heteroatoms. The monoisotopic (exact) mass is 103 g/mol. The number of hydrogen-bond acceptors (Lipinski definition) is 2. The zero-order chi connectivity index (χ0) is 5.86. The van der Waals surface area contributed by atoms with Crippen LogP contribution in [-0.2, 0) is 0 Å². The molecule has 0 aromatic rings. The van der Waals surface area contributed by atoms with E-state index in [4.69, 9.17) is 5.11 Å². The summed E-state index contributed by atoms with van der Waals surface area (Å²) in [7, 11) is 1.83. The highest BCUT2D eigenvalue weighted by Crippen LogP contribution is 1.86. The van der Waals surface area contributed by atoms with E-state index in [9.17, 15) is 0 Å². The van der Waals surface area contributed by atoms with Crippen LogP contribution in [0.15, 0.2) is 0 Å². The normalized spacial score (nSPS) is 18.9. The summed E-state index contributed by atoms with van der Waals surface area (Å²) >= 11 is 0. The van der Waals surface area contributed by atoms with Crippen LogP contribution in [-0.4, -0.2) is 24.3 Å². The maximum absolute atomic E-state index is 8.76. The number of hydrogen-bond donors (Lipinski definition) is 2. The third-order valence-corrected chi connectivity index (χ3v) is 1.18. The van der Waals surface area contributed by atoms with Gasteiger partial charge in [0.05, 0.1) is 6.10 Å². The Balaban J connectivity index is 3.14. The fourth-order valence-electron chi connectivity index (χ4n) is 0.241. The Labute approximate surface area is 44.5 Å². The zero-order valence-electron chi connectivity index (χ0n) is 5.10. The van der Waals surface area contributed by atoms with Crippen LogP contribution in [0.1, 0.15) is 13.8 Å². The van der Waals surface area contributed by atoms with E-state index in [0.717, 1.165) is 0 Å². The Kier molecular flexibility index (Phi) is 2.96. The van der Waals surface area contributed by atoms with Crippen LogP contribution in [0.2, 0.25) is 0 Å². The lowest BCUT2D eigenvalue weighted by molar-refractivity contribution is 0.157. The third kappa shape index (κ3) is 2.60. The predicted molar refractivity (Wildman–Crippen MR) is 30.2 cm³/mol. The van der Waals surface area contributed by atoms with Gasteiger partial charge in [-0.15, -0.1) is 0 Å². The smallest absolute Gasteiger partial charge is 0.0662 e. The average Bonchev–Trinajstić information content (AvgIpc) is 1.65. The average molecular weight is 103 g/mol. The fourth-order valence-corrected chi connectivity index (χ4v) is 0.241. The maximum atomic E-state index is 8.76. The molecule has 0 radical (unpaired) electrons. The first kappa shape index (κ1) is 6.92. The van der Waals surface area contributed by atoms with E-state index in [2.05, 4.69) is 5.32 Å². The number of nitrogens with one attached hydrogen (secondary N) is 1. The maximum Gasteiger partial charge on any atom is 0.0662 e. The van der Waals surface area contributed by atoms with E-state index in [-0.39, 0.29) is 12.1 Å². The van der Waals surface area contributed by atoms with Gasteiger partial charge in [-0.25, -0.2) is 0 Å². The lowest BCUT2D eigenvalue weighted by Crippen LogP contribution is -2.32. The van der Waals surface area contributed by atoms with Gasteiger partial charge in [-0.05, 0) is 20.9 Å². The molecule has 0 spiro atoms. The van der Waals surface area contributed by atoms with Gasteiger partial charge in [0.2, 0.25) is 0 Å². The summed E-state index contributed by atoms with van der Waals surface area (Å²) in [6.07, 6.45) is -0.245. The van der Waals surface area contributed by atoms with E-state index < -0.39 is 0 Å². The molecule has 7 heavy (non-hydrogen) atoms. The third-order valence-electron chi connectivity index (χ3n) is 1.18. The SMILES string of the molecule is CN[C@H](C)[C@H](C)O. The second-order valence-electron chi connectivity index (χ2n) is 1.82.